The number of carbonyl (C=O) groups is 3. The second kappa shape index (κ2) is 11.0. The van der Waals surface area contributed by atoms with Crippen LogP contribution in [0.15, 0.2) is 42.5 Å². The molecule has 0 saturated heterocycles. The molecule has 3 N–H and O–H groups in total. The monoisotopic (exact) mass is 459 g/mol. The van der Waals surface area contributed by atoms with Crippen LogP contribution in [0, 0.1) is 5.92 Å². The Kier molecular flexibility index (Phi) is 8.11. The summed E-state index contributed by atoms with van der Waals surface area (Å²) in [6.07, 6.45) is 2.92. The average molecular weight is 460 g/mol. The summed E-state index contributed by atoms with van der Waals surface area (Å²) in [6, 6.07) is 11.1. The van der Waals surface area contributed by atoms with Crippen molar-refractivity contribution in [1.82, 2.24) is 5.32 Å². The lowest BCUT2D eigenvalue weighted by atomic mass is 9.87. The summed E-state index contributed by atoms with van der Waals surface area (Å²) in [4.78, 5) is 35.5. The lowest BCUT2D eigenvalue weighted by Crippen LogP contribution is -2.27. The average Bonchev–Trinajstić information content (AvgIpc) is 2.77. The van der Waals surface area contributed by atoms with E-state index in [2.05, 4.69) is 5.32 Å². The molecular formula is C24H26ClNO6. The Balaban J connectivity index is 1.44. The number of hydrogen-bond donors (Lipinski definition) is 3. The number of nitrogens with one attached hydrogen (secondary N) is 1. The maximum atomic E-state index is 12.4. The molecule has 1 amide bonds. The van der Waals surface area contributed by atoms with Crippen molar-refractivity contribution in [3.05, 3.63) is 58.6 Å². The van der Waals surface area contributed by atoms with Crippen LogP contribution in [-0.2, 0) is 4.79 Å². The molecule has 1 saturated carbocycles. The Morgan fingerprint density at radius 3 is 2.34 bits per heavy atom. The first kappa shape index (κ1) is 23.6. The van der Waals surface area contributed by atoms with E-state index in [4.69, 9.17) is 21.4 Å². The molecule has 1 aliphatic rings. The number of carboxylic acid groups (broad SMARTS) is 1. The Hall–Kier alpha value is -3.06. The number of carbonyl (C=O) groups excluding carboxylic acids is 2. The summed E-state index contributed by atoms with van der Waals surface area (Å²) < 4.78 is 5.85. The maximum Gasteiger partial charge on any atom is 0.306 e. The molecule has 0 atom stereocenters. The quantitative estimate of drug-likeness (QED) is 0.377. The Morgan fingerprint density at radius 1 is 1.03 bits per heavy atom. The lowest BCUT2D eigenvalue weighted by molar-refractivity contribution is -0.143. The molecule has 7 nitrogen and oxygen atoms in total. The van der Waals surface area contributed by atoms with Crippen molar-refractivity contribution in [2.75, 3.05) is 6.54 Å². The highest BCUT2D eigenvalue weighted by atomic mass is 35.5. The predicted molar refractivity (Wildman–Crippen MR) is 119 cm³/mol. The normalized spacial score (nSPS) is 18.0. The van der Waals surface area contributed by atoms with Crippen LogP contribution in [0.5, 0.6) is 11.5 Å². The predicted octanol–water partition coefficient (Wildman–Crippen LogP) is 4.46. The number of benzene rings is 2. The van der Waals surface area contributed by atoms with Gasteiger partial charge in [-0.3, -0.25) is 14.4 Å². The molecule has 1 fully saturated rings. The van der Waals surface area contributed by atoms with E-state index in [-0.39, 0.29) is 41.4 Å². The zero-order chi connectivity index (χ0) is 23.1. The second-order valence-corrected chi connectivity index (χ2v) is 8.33. The Bertz CT molecular complexity index is 967. The zero-order valence-corrected chi connectivity index (χ0v) is 18.3. The van der Waals surface area contributed by atoms with Gasteiger partial charge in [0.2, 0.25) is 0 Å². The van der Waals surface area contributed by atoms with Crippen LogP contribution in [0.1, 0.15) is 59.2 Å². The van der Waals surface area contributed by atoms with Gasteiger partial charge in [0.1, 0.15) is 11.5 Å². The van der Waals surface area contributed by atoms with Gasteiger partial charge in [0, 0.05) is 29.6 Å². The van der Waals surface area contributed by atoms with Gasteiger partial charge < -0.3 is 20.3 Å². The van der Waals surface area contributed by atoms with E-state index in [9.17, 15) is 19.5 Å². The van der Waals surface area contributed by atoms with Gasteiger partial charge in [-0.2, -0.15) is 0 Å². The fraction of sp³-hybridized carbons (Fsp3) is 0.375. The van der Waals surface area contributed by atoms with Crippen molar-refractivity contribution in [3.8, 4) is 11.5 Å². The standard InChI is InChI=1S/C24H26ClNO6/c25-17-7-3-15(4-8-17)23(29)26-13-1-2-21(27)20-12-11-19(14-22(20)28)32-18-9-5-16(6-10-18)24(30)31/h3-4,7-8,11-12,14,16,18,28H,1-2,5-6,9-10,13H2,(H,26,29)(H,30,31). The number of amides is 1. The third-order valence-electron chi connectivity index (χ3n) is 5.57. The molecular weight excluding hydrogens is 434 g/mol. The van der Waals surface area contributed by atoms with Crippen molar-refractivity contribution in [3.63, 3.8) is 0 Å². The molecule has 0 aliphatic heterocycles. The Labute approximate surface area is 191 Å². The van der Waals surface area contributed by atoms with Crippen LogP contribution in [0.4, 0.5) is 0 Å². The number of aliphatic carboxylic acids is 1. The minimum atomic E-state index is -0.770. The molecule has 0 spiro atoms. The third kappa shape index (κ3) is 6.47. The number of ketones is 1. The fourth-order valence-corrected chi connectivity index (χ4v) is 3.86. The summed E-state index contributed by atoms with van der Waals surface area (Å²) >= 11 is 5.81. The van der Waals surface area contributed by atoms with Gasteiger partial charge in [-0.15, -0.1) is 0 Å². The van der Waals surface area contributed by atoms with Gasteiger partial charge >= 0.3 is 5.97 Å². The van der Waals surface area contributed by atoms with Crippen molar-refractivity contribution >= 4 is 29.3 Å². The largest absolute Gasteiger partial charge is 0.507 e. The van der Waals surface area contributed by atoms with Crippen molar-refractivity contribution in [2.45, 2.75) is 44.6 Å². The topological polar surface area (TPSA) is 113 Å². The highest BCUT2D eigenvalue weighted by Crippen LogP contribution is 2.30. The number of ether oxygens (including phenoxy) is 1. The Morgan fingerprint density at radius 2 is 1.72 bits per heavy atom. The molecule has 3 rings (SSSR count). The van der Waals surface area contributed by atoms with Gasteiger partial charge in [0.15, 0.2) is 5.78 Å². The molecule has 170 valence electrons. The van der Waals surface area contributed by atoms with Crippen LogP contribution in [-0.4, -0.2) is 40.5 Å². The summed E-state index contributed by atoms with van der Waals surface area (Å²) in [5.74, 6) is -1.26. The number of carboxylic acids is 1. The first-order valence-corrected chi connectivity index (χ1v) is 11.0. The minimum Gasteiger partial charge on any atom is -0.507 e. The number of halogens is 1. The number of Topliss-reactive ketones (excluding diaryl/α,β-unsaturated/α-hetero) is 1. The minimum absolute atomic E-state index is 0.101. The molecule has 0 heterocycles. The number of phenolic OH excluding ortho intramolecular Hbond substituents is 1. The van der Waals surface area contributed by atoms with E-state index in [1.807, 2.05) is 0 Å². The highest BCUT2D eigenvalue weighted by molar-refractivity contribution is 6.30. The maximum absolute atomic E-state index is 12.4. The lowest BCUT2D eigenvalue weighted by Gasteiger charge is -2.26. The number of rotatable bonds is 9. The van der Waals surface area contributed by atoms with Crippen LogP contribution in [0.3, 0.4) is 0 Å². The molecule has 0 radical (unpaired) electrons. The smallest absolute Gasteiger partial charge is 0.306 e. The molecule has 8 heteroatoms. The van der Waals surface area contributed by atoms with E-state index >= 15 is 0 Å². The van der Waals surface area contributed by atoms with E-state index in [0.29, 0.717) is 55.0 Å². The summed E-state index contributed by atoms with van der Waals surface area (Å²) in [7, 11) is 0. The fourth-order valence-electron chi connectivity index (χ4n) is 3.73. The molecule has 0 aromatic heterocycles. The summed E-state index contributed by atoms with van der Waals surface area (Å²) in [5.41, 5.74) is 0.696. The van der Waals surface area contributed by atoms with Crippen molar-refractivity contribution < 1.29 is 29.3 Å². The van der Waals surface area contributed by atoms with E-state index in [1.165, 1.54) is 12.1 Å². The number of phenols is 1. The van der Waals surface area contributed by atoms with Crippen LogP contribution < -0.4 is 10.1 Å². The third-order valence-corrected chi connectivity index (χ3v) is 5.82. The first-order valence-electron chi connectivity index (χ1n) is 10.6. The van der Waals surface area contributed by atoms with Crippen molar-refractivity contribution in [1.29, 1.82) is 0 Å². The molecule has 0 bridgehead atoms. The SMILES string of the molecule is O=C(NCCCC(=O)c1ccc(OC2CCC(C(=O)O)CC2)cc1O)c1ccc(Cl)cc1. The van der Waals surface area contributed by atoms with Gasteiger partial charge in [-0.25, -0.2) is 0 Å². The molecule has 32 heavy (non-hydrogen) atoms. The zero-order valence-electron chi connectivity index (χ0n) is 17.6. The van der Waals surface area contributed by atoms with Crippen LogP contribution in [0.2, 0.25) is 5.02 Å². The van der Waals surface area contributed by atoms with Gasteiger partial charge in [0.25, 0.3) is 5.91 Å². The first-order chi connectivity index (χ1) is 15.3. The van der Waals surface area contributed by atoms with Crippen LogP contribution in [0.25, 0.3) is 0 Å². The van der Waals surface area contributed by atoms with Gasteiger partial charge in [-0.05, 0) is 68.5 Å². The van der Waals surface area contributed by atoms with Gasteiger partial charge in [0.05, 0.1) is 17.6 Å². The van der Waals surface area contributed by atoms with E-state index in [0.717, 1.165) is 0 Å². The summed E-state index contributed by atoms with van der Waals surface area (Å²) in [6.45, 7) is 0.328. The molecule has 2 aromatic carbocycles. The second-order valence-electron chi connectivity index (χ2n) is 7.90. The summed E-state index contributed by atoms with van der Waals surface area (Å²) in [5, 5.41) is 22.6. The number of hydrogen-bond acceptors (Lipinski definition) is 5. The van der Waals surface area contributed by atoms with E-state index < -0.39 is 5.97 Å². The van der Waals surface area contributed by atoms with Crippen LogP contribution >= 0.6 is 11.6 Å². The highest BCUT2D eigenvalue weighted by Gasteiger charge is 2.27. The number of aromatic hydroxyl groups is 1. The van der Waals surface area contributed by atoms with Gasteiger partial charge in [-0.1, -0.05) is 11.6 Å². The van der Waals surface area contributed by atoms with E-state index in [1.54, 1.807) is 30.3 Å². The van der Waals surface area contributed by atoms with Crippen molar-refractivity contribution in [2.24, 2.45) is 5.92 Å². The molecule has 2 aromatic rings. The molecule has 1 aliphatic carbocycles. The molecule has 0 unspecified atom stereocenters.